The van der Waals surface area contributed by atoms with Crippen LogP contribution in [0.2, 0.25) is 0 Å². The SMILES string of the molecule is COc1ccc(CCNC(=O)[C@H]2CN(C)C[C@H]2c2cccc(CNC3CCNCC3)c2)cc1. The molecule has 6 nitrogen and oxygen atoms in total. The van der Waals surface area contributed by atoms with E-state index >= 15 is 0 Å². The van der Waals surface area contributed by atoms with Crippen LogP contribution >= 0.6 is 0 Å². The van der Waals surface area contributed by atoms with Crippen molar-refractivity contribution >= 4 is 5.91 Å². The molecule has 0 bridgehead atoms. The van der Waals surface area contributed by atoms with Gasteiger partial charge in [0.1, 0.15) is 5.75 Å². The minimum atomic E-state index is -0.0153. The highest BCUT2D eigenvalue weighted by Gasteiger charge is 2.36. The van der Waals surface area contributed by atoms with Gasteiger partial charge in [0, 0.05) is 38.1 Å². The van der Waals surface area contributed by atoms with Crippen LogP contribution in [0.3, 0.4) is 0 Å². The second-order valence-corrected chi connectivity index (χ2v) is 9.47. The minimum Gasteiger partial charge on any atom is -0.497 e. The fourth-order valence-electron chi connectivity index (χ4n) is 5.08. The first kappa shape index (κ1) is 23.7. The second kappa shape index (κ2) is 11.6. The number of methoxy groups -OCH3 is 1. The minimum absolute atomic E-state index is 0.0153. The van der Waals surface area contributed by atoms with Crippen molar-refractivity contribution in [3.63, 3.8) is 0 Å². The van der Waals surface area contributed by atoms with E-state index in [1.165, 1.54) is 29.5 Å². The zero-order chi connectivity index (χ0) is 23.0. The van der Waals surface area contributed by atoms with E-state index in [1.54, 1.807) is 7.11 Å². The Morgan fingerprint density at radius 2 is 1.88 bits per heavy atom. The number of hydrogen-bond donors (Lipinski definition) is 3. The van der Waals surface area contributed by atoms with E-state index in [1.807, 2.05) is 12.1 Å². The maximum atomic E-state index is 13.1. The predicted octanol–water partition coefficient (Wildman–Crippen LogP) is 2.54. The molecule has 6 heteroatoms. The van der Waals surface area contributed by atoms with Gasteiger partial charge in [-0.15, -0.1) is 0 Å². The molecular weight excluding hydrogens is 412 g/mol. The molecule has 4 rings (SSSR count). The largest absolute Gasteiger partial charge is 0.497 e. The summed E-state index contributed by atoms with van der Waals surface area (Å²) in [5.74, 6) is 1.23. The van der Waals surface area contributed by atoms with Crippen molar-refractivity contribution in [1.82, 2.24) is 20.9 Å². The molecule has 33 heavy (non-hydrogen) atoms. The molecule has 2 atom stereocenters. The van der Waals surface area contributed by atoms with Gasteiger partial charge < -0.3 is 25.6 Å². The Kier molecular flexibility index (Phi) is 8.37. The number of ether oxygens (including phenoxy) is 1. The molecule has 0 spiro atoms. The van der Waals surface area contributed by atoms with Crippen molar-refractivity contribution in [1.29, 1.82) is 0 Å². The quantitative estimate of drug-likeness (QED) is 0.548. The van der Waals surface area contributed by atoms with Crippen LogP contribution in [-0.4, -0.2) is 63.7 Å². The molecule has 2 aliphatic rings. The highest BCUT2D eigenvalue weighted by molar-refractivity contribution is 5.80. The van der Waals surface area contributed by atoms with Crippen LogP contribution in [0.15, 0.2) is 48.5 Å². The van der Waals surface area contributed by atoms with Crippen LogP contribution in [-0.2, 0) is 17.8 Å². The van der Waals surface area contributed by atoms with E-state index in [0.29, 0.717) is 12.6 Å². The third-order valence-corrected chi connectivity index (χ3v) is 7.02. The second-order valence-electron chi connectivity index (χ2n) is 9.47. The van der Waals surface area contributed by atoms with Crippen molar-refractivity contribution in [3.8, 4) is 5.75 Å². The van der Waals surface area contributed by atoms with Gasteiger partial charge in [-0.25, -0.2) is 0 Å². The first-order chi connectivity index (χ1) is 16.1. The maximum absolute atomic E-state index is 13.1. The van der Waals surface area contributed by atoms with Gasteiger partial charge in [-0.05, 0) is 68.2 Å². The van der Waals surface area contributed by atoms with E-state index < -0.39 is 0 Å². The smallest absolute Gasteiger partial charge is 0.225 e. The van der Waals surface area contributed by atoms with E-state index in [9.17, 15) is 4.79 Å². The Balaban J connectivity index is 1.32. The Labute approximate surface area is 198 Å². The fraction of sp³-hybridized carbons (Fsp3) is 0.519. The number of nitrogens with zero attached hydrogens (tertiary/aromatic N) is 1. The van der Waals surface area contributed by atoms with Crippen molar-refractivity contribution in [2.24, 2.45) is 5.92 Å². The highest BCUT2D eigenvalue weighted by atomic mass is 16.5. The van der Waals surface area contributed by atoms with Gasteiger partial charge in [0.05, 0.1) is 13.0 Å². The summed E-state index contributed by atoms with van der Waals surface area (Å²) in [6.07, 6.45) is 3.19. The Bertz CT molecular complexity index is 895. The monoisotopic (exact) mass is 450 g/mol. The van der Waals surface area contributed by atoms with Crippen LogP contribution in [0.1, 0.15) is 35.4 Å². The van der Waals surface area contributed by atoms with Gasteiger partial charge in [0.2, 0.25) is 5.91 Å². The van der Waals surface area contributed by atoms with Gasteiger partial charge in [-0.3, -0.25) is 4.79 Å². The standard InChI is InChI=1S/C27H38N4O2/c1-31-18-25(22-5-3-4-21(16-22)17-30-23-11-13-28-14-12-23)26(19-31)27(32)29-15-10-20-6-8-24(33-2)9-7-20/h3-9,16,23,25-26,28,30H,10-15,17-19H2,1-2H3,(H,29,32)/t25-,26-/m0/s1. The van der Waals surface area contributed by atoms with Crippen molar-refractivity contribution < 1.29 is 9.53 Å². The summed E-state index contributed by atoms with van der Waals surface area (Å²) in [6.45, 7) is 5.46. The summed E-state index contributed by atoms with van der Waals surface area (Å²) in [7, 11) is 3.78. The van der Waals surface area contributed by atoms with Crippen molar-refractivity contribution in [2.75, 3.05) is 46.9 Å². The molecule has 2 fully saturated rings. The van der Waals surface area contributed by atoms with Crippen LogP contribution in [0, 0.1) is 5.92 Å². The molecule has 0 saturated carbocycles. The molecule has 0 unspecified atom stereocenters. The van der Waals surface area contributed by atoms with Crippen LogP contribution in [0.4, 0.5) is 0 Å². The number of benzene rings is 2. The number of amides is 1. The van der Waals surface area contributed by atoms with E-state index in [0.717, 1.165) is 44.9 Å². The lowest BCUT2D eigenvalue weighted by Crippen LogP contribution is -2.39. The Hall–Kier alpha value is -2.41. The topological polar surface area (TPSA) is 65.6 Å². The molecule has 2 aliphatic heterocycles. The van der Waals surface area contributed by atoms with E-state index in [2.05, 4.69) is 64.3 Å². The van der Waals surface area contributed by atoms with Crippen LogP contribution in [0.25, 0.3) is 0 Å². The fourth-order valence-corrected chi connectivity index (χ4v) is 5.08. The predicted molar refractivity (Wildman–Crippen MR) is 133 cm³/mol. The number of hydrogen-bond acceptors (Lipinski definition) is 5. The lowest BCUT2D eigenvalue weighted by molar-refractivity contribution is -0.124. The highest BCUT2D eigenvalue weighted by Crippen LogP contribution is 2.32. The molecule has 2 saturated heterocycles. The van der Waals surface area contributed by atoms with Gasteiger partial charge >= 0.3 is 0 Å². The van der Waals surface area contributed by atoms with Gasteiger partial charge in [0.25, 0.3) is 0 Å². The molecule has 0 aliphatic carbocycles. The lowest BCUT2D eigenvalue weighted by Gasteiger charge is -2.24. The summed E-state index contributed by atoms with van der Waals surface area (Å²) >= 11 is 0. The third kappa shape index (κ3) is 6.56. The molecule has 2 heterocycles. The summed E-state index contributed by atoms with van der Waals surface area (Å²) in [4.78, 5) is 15.4. The molecule has 0 aromatic heterocycles. The third-order valence-electron chi connectivity index (χ3n) is 7.02. The summed E-state index contributed by atoms with van der Waals surface area (Å²) in [6, 6.07) is 17.5. The van der Waals surface area contributed by atoms with Gasteiger partial charge in [0.15, 0.2) is 0 Å². The molecule has 1 amide bonds. The van der Waals surface area contributed by atoms with Gasteiger partial charge in [-0.1, -0.05) is 36.4 Å². The summed E-state index contributed by atoms with van der Waals surface area (Å²) < 4.78 is 5.22. The number of piperidine rings is 1. The molecule has 2 aromatic rings. The Morgan fingerprint density at radius 3 is 2.64 bits per heavy atom. The average Bonchev–Trinajstić information content (AvgIpc) is 3.26. The van der Waals surface area contributed by atoms with Crippen molar-refractivity contribution in [3.05, 3.63) is 65.2 Å². The first-order valence-corrected chi connectivity index (χ1v) is 12.2. The number of carbonyl (C=O) groups is 1. The molecule has 178 valence electrons. The first-order valence-electron chi connectivity index (χ1n) is 12.2. The average molecular weight is 451 g/mol. The van der Waals surface area contributed by atoms with E-state index in [4.69, 9.17) is 4.74 Å². The summed E-state index contributed by atoms with van der Waals surface area (Å²) in [5.41, 5.74) is 3.78. The lowest BCUT2D eigenvalue weighted by atomic mass is 9.87. The molecule has 3 N–H and O–H groups in total. The number of carbonyl (C=O) groups excluding carboxylic acids is 1. The number of rotatable bonds is 9. The van der Waals surface area contributed by atoms with Gasteiger partial charge in [-0.2, -0.15) is 0 Å². The maximum Gasteiger partial charge on any atom is 0.225 e. The summed E-state index contributed by atoms with van der Waals surface area (Å²) in [5, 5.41) is 10.3. The number of likely N-dealkylation sites (tertiary alicyclic amines) is 1. The number of nitrogens with one attached hydrogen (secondary N) is 3. The Morgan fingerprint density at radius 1 is 1.09 bits per heavy atom. The van der Waals surface area contributed by atoms with Crippen LogP contribution < -0.4 is 20.7 Å². The molecule has 0 radical (unpaired) electrons. The molecular formula is C27H38N4O2. The molecule has 2 aromatic carbocycles. The van der Waals surface area contributed by atoms with Crippen LogP contribution in [0.5, 0.6) is 5.75 Å². The zero-order valence-electron chi connectivity index (χ0n) is 20.0. The normalized spacial score (nSPS) is 21.8. The number of likely N-dealkylation sites (N-methyl/N-ethyl adjacent to an activating group) is 1. The van der Waals surface area contributed by atoms with E-state index in [-0.39, 0.29) is 17.7 Å². The zero-order valence-corrected chi connectivity index (χ0v) is 20.0. The van der Waals surface area contributed by atoms with Crippen molar-refractivity contribution in [2.45, 2.75) is 37.8 Å².